The zero-order valence-electron chi connectivity index (χ0n) is 14.2. The molecule has 0 heterocycles. The lowest BCUT2D eigenvalue weighted by molar-refractivity contribution is 0.0818. The number of rotatable bonds is 5. The van der Waals surface area contributed by atoms with Crippen molar-refractivity contribution >= 4 is 17.4 Å². The SMILES string of the molecule is Cc1ccc(C(=O)[C@H](C)Oc2ccc(-c3ccccc3)cc2Cl)cc1. The number of hydrogen-bond acceptors (Lipinski definition) is 2. The lowest BCUT2D eigenvalue weighted by atomic mass is 10.0. The number of ether oxygens (including phenoxy) is 1. The number of Topliss-reactive ketones (excluding diaryl/α,β-unsaturated/α-hetero) is 1. The first kappa shape index (κ1) is 17.2. The van der Waals surface area contributed by atoms with Gasteiger partial charge in [0, 0.05) is 5.56 Å². The van der Waals surface area contributed by atoms with E-state index in [-0.39, 0.29) is 5.78 Å². The van der Waals surface area contributed by atoms with Gasteiger partial charge in [0.2, 0.25) is 5.78 Å². The second-order valence-electron chi connectivity index (χ2n) is 6.00. The maximum absolute atomic E-state index is 12.5. The van der Waals surface area contributed by atoms with Crippen molar-refractivity contribution in [2.24, 2.45) is 0 Å². The normalized spacial score (nSPS) is 11.8. The molecule has 0 radical (unpaired) electrons. The molecule has 3 rings (SSSR count). The van der Waals surface area contributed by atoms with Gasteiger partial charge in [0.05, 0.1) is 5.02 Å². The highest BCUT2D eigenvalue weighted by Crippen LogP contribution is 2.31. The molecule has 126 valence electrons. The molecule has 25 heavy (non-hydrogen) atoms. The average molecular weight is 351 g/mol. The van der Waals surface area contributed by atoms with E-state index in [1.165, 1.54) is 0 Å². The molecule has 0 saturated carbocycles. The quantitative estimate of drug-likeness (QED) is 0.530. The van der Waals surface area contributed by atoms with Crippen LogP contribution in [-0.2, 0) is 0 Å². The van der Waals surface area contributed by atoms with E-state index in [2.05, 4.69) is 0 Å². The van der Waals surface area contributed by atoms with E-state index in [0.717, 1.165) is 16.7 Å². The fourth-order valence-corrected chi connectivity index (χ4v) is 2.83. The summed E-state index contributed by atoms with van der Waals surface area (Å²) in [6.07, 6.45) is -0.609. The first-order valence-electron chi connectivity index (χ1n) is 8.17. The molecule has 0 spiro atoms. The molecule has 0 saturated heterocycles. The molecule has 0 aliphatic carbocycles. The van der Waals surface area contributed by atoms with Gasteiger partial charge in [-0.2, -0.15) is 0 Å². The third-order valence-electron chi connectivity index (χ3n) is 4.05. The van der Waals surface area contributed by atoms with Crippen LogP contribution in [0.4, 0.5) is 0 Å². The Hall–Kier alpha value is -2.58. The maximum atomic E-state index is 12.5. The molecule has 3 aromatic carbocycles. The summed E-state index contributed by atoms with van der Waals surface area (Å²) in [6.45, 7) is 3.73. The van der Waals surface area contributed by atoms with Crippen LogP contribution in [0.1, 0.15) is 22.8 Å². The molecule has 0 fully saturated rings. The van der Waals surface area contributed by atoms with E-state index in [0.29, 0.717) is 16.3 Å². The summed E-state index contributed by atoms with van der Waals surface area (Å²) in [5, 5.41) is 0.491. The molecule has 0 amide bonds. The molecule has 0 aliphatic heterocycles. The molecule has 0 unspecified atom stereocenters. The minimum absolute atomic E-state index is 0.0665. The summed E-state index contributed by atoms with van der Waals surface area (Å²) >= 11 is 6.36. The molecule has 1 atom stereocenters. The molecule has 0 bridgehead atoms. The van der Waals surface area contributed by atoms with Gasteiger partial charge in [0.15, 0.2) is 6.10 Å². The Bertz CT molecular complexity index is 870. The Morgan fingerprint density at radius 1 is 0.920 bits per heavy atom. The maximum Gasteiger partial charge on any atom is 0.202 e. The van der Waals surface area contributed by atoms with E-state index in [9.17, 15) is 4.79 Å². The van der Waals surface area contributed by atoms with Crippen LogP contribution in [0.5, 0.6) is 5.75 Å². The summed E-state index contributed by atoms with van der Waals surface area (Å²) in [4.78, 5) is 12.5. The van der Waals surface area contributed by atoms with Gasteiger partial charge < -0.3 is 4.74 Å². The van der Waals surface area contributed by atoms with Crippen LogP contribution in [0, 0.1) is 6.92 Å². The molecule has 0 N–H and O–H groups in total. The predicted molar refractivity (Wildman–Crippen MR) is 102 cm³/mol. The molecule has 0 aromatic heterocycles. The summed E-state index contributed by atoms with van der Waals surface area (Å²) < 4.78 is 5.80. The Morgan fingerprint density at radius 2 is 1.60 bits per heavy atom. The minimum atomic E-state index is -0.609. The Balaban J connectivity index is 1.76. The van der Waals surface area contributed by atoms with Gasteiger partial charge in [-0.3, -0.25) is 4.79 Å². The van der Waals surface area contributed by atoms with Gasteiger partial charge in [-0.05, 0) is 37.1 Å². The largest absolute Gasteiger partial charge is 0.481 e. The van der Waals surface area contributed by atoms with Gasteiger partial charge in [0.25, 0.3) is 0 Å². The van der Waals surface area contributed by atoms with Crippen LogP contribution in [0.25, 0.3) is 11.1 Å². The topological polar surface area (TPSA) is 26.3 Å². The number of carbonyl (C=O) groups excluding carboxylic acids is 1. The molecule has 2 nitrogen and oxygen atoms in total. The fraction of sp³-hybridized carbons (Fsp3) is 0.136. The molecular formula is C22H19ClO2. The molecule has 3 heteroatoms. The highest BCUT2D eigenvalue weighted by molar-refractivity contribution is 6.32. The van der Waals surface area contributed by atoms with E-state index < -0.39 is 6.10 Å². The van der Waals surface area contributed by atoms with E-state index >= 15 is 0 Å². The van der Waals surface area contributed by atoms with Gasteiger partial charge >= 0.3 is 0 Å². The number of aryl methyl sites for hydroxylation is 1. The van der Waals surface area contributed by atoms with Crippen LogP contribution < -0.4 is 4.74 Å². The highest BCUT2D eigenvalue weighted by atomic mass is 35.5. The van der Waals surface area contributed by atoms with E-state index in [4.69, 9.17) is 16.3 Å². The third-order valence-corrected chi connectivity index (χ3v) is 4.34. The molecule has 0 aliphatic rings. The average Bonchev–Trinajstić information content (AvgIpc) is 2.64. The van der Waals surface area contributed by atoms with Gasteiger partial charge in [-0.25, -0.2) is 0 Å². The van der Waals surface area contributed by atoms with Crippen LogP contribution in [0.15, 0.2) is 72.8 Å². The summed E-state index contributed by atoms with van der Waals surface area (Å²) in [7, 11) is 0. The molecular weight excluding hydrogens is 332 g/mol. The first-order valence-corrected chi connectivity index (χ1v) is 8.55. The predicted octanol–water partition coefficient (Wildman–Crippen LogP) is 5.97. The number of carbonyl (C=O) groups is 1. The lowest BCUT2D eigenvalue weighted by Crippen LogP contribution is -2.24. The number of ketones is 1. The fourth-order valence-electron chi connectivity index (χ4n) is 2.60. The van der Waals surface area contributed by atoms with Gasteiger partial charge in [-0.15, -0.1) is 0 Å². The lowest BCUT2D eigenvalue weighted by Gasteiger charge is -2.15. The van der Waals surface area contributed by atoms with E-state index in [1.807, 2.05) is 79.7 Å². The molecule has 3 aromatic rings. The number of halogens is 1. The van der Waals surface area contributed by atoms with E-state index in [1.54, 1.807) is 6.92 Å². The van der Waals surface area contributed by atoms with Crippen LogP contribution in [0.3, 0.4) is 0 Å². The second-order valence-corrected chi connectivity index (χ2v) is 6.41. The summed E-state index contributed by atoms with van der Waals surface area (Å²) in [5.41, 5.74) is 3.84. The summed E-state index contributed by atoms with van der Waals surface area (Å²) in [5.74, 6) is 0.442. The zero-order valence-corrected chi connectivity index (χ0v) is 15.0. The zero-order chi connectivity index (χ0) is 17.8. The highest BCUT2D eigenvalue weighted by Gasteiger charge is 2.18. The Morgan fingerprint density at radius 3 is 2.24 bits per heavy atom. The van der Waals surface area contributed by atoms with Gasteiger partial charge in [0.1, 0.15) is 5.75 Å². The van der Waals surface area contributed by atoms with Crippen molar-refractivity contribution in [2.75, 3.05) is 0 Å². The monoisotopic (exact) mass is 350 g/mol. The van der Waals surface area contributed by atoms with Crippen molar-refractivity contribution in [3.63, 3.8) is 0 Å². The smallest absolute Gasteiger partial charge is 0.202 e. The number of hydrogen-bond donors (Lipinski definition) is 0. The Kier molecular flexibility index (Phi) is 5.20. The van der Waals surface area contributed by atoms with Crippen molar-refractivity contribution in [3.05, 3.63) is 88.9 Å². The third kappa shape index (κ3) is 4.09. The van der Waals surface area contributed by atoms with Crippen molar-refractivity contribution in [2.45, 2.75) is 20.0 Å². The van der Waals surface area contributed by atoms with Gasteiger partial charge in [-0.1, -0.05) is 77.8 Å². The van der Waals surface area contributed by atoms with Crippen LogP contribution in [-0.4, -0.2) is 11.9 Å². The Labute approximate surface area is 153 Å². The minimum Gasteiger partial charge on any atom is -0.481 e. The van der Waals surface area contributed by atoms with Crippen molar-refractivity contribution < 1.29 is 9.53 Å². The van der Waals surface area contributed by atoms with Crippen molar-refractivity contribution in [1.82, 2.24) is 0 Å². The van der Waals surface area contributed by atoms with Crippen molar-refractivity contribution in [1.29, 1.82) is 0 Å². The second kappa shape index (κ2) is 7.54. The standard InChI is InChI=1S/C22H19ClO2/c1-15-8-10-18(11-9-15)22(24)16(2)25-21-13-12-19(14-20(21)23)17-6-4-3-5-7-17/h3-14,16H,1-2H3/t16-/m0/s1. The van der Waals surface area contributed by atoms with Crippen LogP contribution >= 0.6 is 11.6 Å². The number of benzene rings is 3. The summed E-state index contributed by atoms with van der Waals surface area (Å²) in [6, 6.07) is 23.1. The van der Waals surface area contributed by atoms with Crippen molar-refractivity contribution in [3.8, 4) is 16.9 Å². The first-order chi connectivity index (χ1) is 12.0. The van der Waals surface area contributed by atoms with Crippen LogP contribution in [0.2, 0.25) is 5.02 Å².